The number of ether oxygens (including phenoxy) is 1. The van der Waals surface area contributed by atoms with Crippen LogP contribution >= 0.6 is 0 Å². The van der Waals surface area contributed by atoms with E-state index in [1.807, 2.05) is 20.8 Å². The molecule has 3 atom stereocenters. The molecular weight excluding hydrogens is 194 g/mol. The summed E-state index contributed by atoms with van der Waals surface area (Å²) >= 11 is 0. The number of hydrogen-bond acceptors (Lipinski definition) is 3. The summed E-state index contributed by atoms with van der Waals surface area (Å²) < 4.78 is 5.25. The van der Waals surface area contributed by atoms with Gasteiger partial charge in [-0.1, -0.05) is 0 Å². The van der Waals surface area contributed by atoms with E-state index in [9.17, 15) is 9.59 Å². The maximum absolute atomic E-state index is 11.7. The standard InChI is InChI=1S/C11H17NO3/c1-11(2,3)15-10(14)12-5-7-4-8(7)9(12)6-13/h6-9H,4-5H2,1-3H3/t7-,8-,9+/m0/s1. The minimum absolute atomic E-state index is 0.246. The van der Waals surface area contributed by atoms with Gasteiger partial charge >= 0.3 is 6.09 Å². The molecule has 0 unspecified atom stereocenters. The van der Waals surface area contributed by atoms with Crippen LogP contribution in [0.25, 0.3) is 0 Å². The van der Waals surface area contributed by atoms with Crippen LogP contribution in [0.2, 0.25) is 0 Å². The van der Waals surface area contributed by atoms with Crippen molar-refractivity contribution in [3.8, 4) is 0 Å². The van der Waals surface area contributed by atoms with Crippen LogP contribution in [0.5, 0.6) is 0 Å². The second-order valence-electron chi connectivity index (χ2n) is 5.42. The van der Waals surface area contributed by atoms with Crippen LogP contribution in [0.4, 0.5) is 4.79 Å². The molecule has 0 aromatic rings. The highest BCUT2D eigenvalue weighted by Crippen LogP contribution is 2.49. The summed E-state index contributed by atoms with van der Waals surface area (Å²) in [6.45, 7) is 6.18. The summed E-state index contributed by atoms with van der Waals surface area (Å²) in [6.07, 6.45) is 1.61. The number of carbonyl (C=O) groups excluding carboxylic acids is 2. The average Bonchev–Trinajstić information content (AvgIpc) is 2.75. The highest BCUT2D eigenvalue weighted by atomic mass is 16.6. The van der Waals surface area contributed by atoms with Crippen molar-refractivity contribution in [2.45, 2.75) is 38.8 Å². The van der Waals surface area contributed by atoms with E-state index >= 15 is 0 Å². The molecule has 1 saturated heterocycles. The molecule has 1 aliphatic heterocycles. The van der Waals surface area contributed by atoms with Gasteiger partial charge in [-0.3, -0.25) is 4.90 Å². The second kappa shape index (κ2) is 3.22. The Kier molecular flexibility index (Phi) is 2.24. The van der Waals surface area contributed by atoms with Crippen LogP contribution in [-0.4, -0.2) is 35.5 Å². The van der Waals surface area contributed by atoms with Crippen molar-refractivity contribution in [1.29, 1.82) is 0 Å². The lowest BCUT2D eigenvalue weighted by molar-refractivity contribution is -0.112. The number of nitrogens with zero attached hydrogens (tertiary/aromatic N) is 1. The van der Waals surface area contributed by atoms with E-state index in [1.54, 1.807) is 4.90 Å². The molecule has 4 heteroatoms. The quantitative estimate of drug-likeness (QED) is 0.616. The van der Waals surface area contributed by atoms with Gasteiger partial charge in [0, 0.05) is 6.54 Å². The predicted molar refractivity (Wildman–Crippen MR) is 54.4 cm³/mol. The lowest BCUT2D eigenvalue weighted by Crippen LogP contribution is -2.42. The van der Waals surface area contributed by atoms with Gasteiger partial charge in [-0.05, 0) is 39.0 Å². The number of rotatable bonds is 1. The molecule has 2 rings (SSSR count). The first kappa shape index (κ1) is 10.5. The maximum atomic E-state index is 11.7. The molecule has 0 spiro atoms. The number of fused-ring (bicyclic) bond motifs is 1. The Labute approximate surface area is 89.6 Å². The molecule has 2 fully saturated rings. The number of likely N-dealkylation sites (tertiary alicyclic amines) is 1. The van der Waals surface area contributed by atoms with Gasteiger partial charge in [0.15, 0.2) is 0 Å². The van der Waals surface area contributed by atoms with Crippen molar-refractivity contribution in [2.24, 2.45) is 11.8 Å². The number of aldehydes is 1. The van der Waals surface area contributed by atoms with Crippen LogP contribution in [0.1, 0.15) is 27.2 Å². The molecule has 0 bridgehead atoms. The topological polar surface area (TPSA) is 46.6 Å². The van der Waals surface area contributed by atoms with E-state index in [0.29, 0.717) is 18.4 Å². The third-order valence-corrected chi connectivity index (χ3v) is 2.97. The minimum atomic E-state index is -0.489. The highest BCUT2D eigenvalue weighted by Gasteiger charge is 2.54. The molecule has 1 saturated carbocycles. The molecule has 4 nitrogen and oxygen atoms in total. The summed E-state index contributed by atoms with van der Waals surface area (Å²) in [5.41, 5.74) is -0.489. The molecule has 0 aromatic heterocycles. The van der Waals surface area contributed by atoms with Crippen molar-refractivity contribution in [2.75, 3.05) is 6.54 Å². The Balaban J connectivity index is 1.99. The van der Waals surface area contributed by atoms with Gasteiger partial charge in [0.2, 0.25) is 0 Å². The Hall–Kier alpha value is -1.06. The van der Waals surface area contributed by atoms with Crippen LogP contribution in [0.3, 0.4) is 0 Å². The third kappa shape index (κ3) is 1.98. The first-order chi connectivity index (χ1) is 6.92. The summed E-state index contributed by atoms with van der Waals surface area (Å²) in [7, 11) is 0. The molecule has 0 N–H and O–H groups in total. The van der Waals surface area contributed by atoms with Crippen molar-refractivity contribution in [3.63, 3.8) is 0 Å². The zero-order chi connectivity index (χ0) is 11.2. The van der Waals surface area contributed by atoms with E-state index in [1.165, 1.54) is 0 Å². The molecule has 1 aliphatic carbocycles. The van der Waals surface area contributed by atoms with Gasteiger partial charge in [-0.2, -0.15) is 0 Å². The zero-order valence-electron chi connectivity index (χ0n) is 9.40. The molecule has 84 valence electrons. The predicted octanol–water partition coefficient (Wildman–Crippen LogP) is 1.44. The number of hydrogen-bond donors (Lipinski definition) is 0. The first-order valence-electron chi connectivity index (χ1n) is 5.37. The van der Waals surface area contributed by atoms with Crippen LogP contribution < -0.4 is 0 Å². The summed E-state index contributed by atoms with van der Waals surface area (Å²) in [6, 6.07) is -0.246. The molecule has 1 heterocycles. The molecular formula is C11H17NO3. The van der Waals surface area contributed by atoms with Crippen LogP contribution in [0.15, 0.2) is 0 Å². The normalized spacial score (nSPS) is 33.5. The minimum Gasteiger partial charge on any atom is -0.444 e. The van der Waals surface area contributed by atoms with E-state index < -0.39 is 5.60 Å². The van der Waals surface area contributed by atoms with Crippen molar-refractivity contribution in [1.82, 2.24) is 4.90 Å². The molecule has 0 aromatic carbocycles. The SMILES string of the molecule is CC(C)(C)OC(=O)N1C[C@@H]2C[C@@H]2[C@H]1C=O. The van der Waals surface area contributed by atoms with E-state index in [4.69, 9.17) is 4.74 Å². The van der Waals surface area contributed by atoms with Gasteiger partial charge in [-0.25, -0.2) is 4.79 Å². The lowest BCUT2D eigenvalue weighted by atomic mass is 10.2. The number of carbonyl (C=O) groups is 2. The van der Waals surface area contributed by atoms with E-state index in [2.05, 4.69) is 0 Å². The third-order valence-electron chi connectivity index (χ3n) is 2.97. The lowest BCUT2D eigenvalue weighted by Gasteiger charge is -2.27. The monoisotopic (exact) mass is 211 g/mol. The Bertz CT molecular complexity index is 295. The smallest absolute Gasteiger partial charge is 0.410 e. The summed E-state index contributed by atoms with van der Waals surface area (Å²) in [5.74, 6) is 0.933. The van der Waals surface area contributed by atoms with Crippen molar-refractivity contribution in [3.05, 3.63) is 0 Å². The fourth-order valence-corrected chi connectivity index (χ4v) is 2.20. The van der Waals surface area contributed by atoms with Gasteiger partial charge in [0.1, 0.15) is 11.9 Å². The number of piperidine rings is 1. The molecule has 0 radical (unpaired) electrons. The summed E-state index contributed by atoms with van der Waals surface area (Å²) in [4.78, 5) is 24.2. The highest BCUT2D eigenvalue weighted by molar-refractivity contribution is 5.75. The largest absolute Gasteiger partial charge is 0.444 e. The Morgan fingerprint density at radius 1 is 1.47 bits per heavy atom. The van der Waals surface area contributed by atoms with Gasteiger partial charge in [0.05, 0.1) is 6.04 Å². The van der Waals surface area contributed by atoms with Crippen molar-refractivity contribution < 1.29 is 14.3 Å². The Morgan fingerprint density at radius 3 is 2.67 bits per heavy atom. The Morgan fingerprint density at radius 2 is 2.13 bits per heavy atom. The van der Waals surface area contributed by atoms with E-state index in [0.717, 1.165) is 12.7 Å². The zero-order valence-corrected chi connectivity index (χ0v) is 9.40. The summed E-state index contributed by atoms with van der Waals surface area (Å²) in [5, 5.41) is 0. The molecule has 2 aliphatic rings. The van der Waals surface area contributed by atoms with Gasteiger partial charge in [-0.15, -0.1) is 0 Å². The van der Waals surface area contributed by atoms with Crippen LogP contribution in [-0.2, 0) is 9.53 Å². The molecule has 1 amide bonds. The van der Waals surface area contributed by atoms with Crippen molar-refractivity contribution >= 4 is 12.4 Å². The maximum Gasteiger partial charge on any atom is 0.410 e. The first-order valence-corrected chi connectivity index (χ1v) is 5.37. The fourth-order valence-electron chi connectivity index (χ4n) is 2.20. The van der Waals surface area contributed by atoms with Crippen LogP contribution in [0, 0.1) is 11.8 Å². The number of amides is 1. The fraction of sp³-hybridized carbons (Fsp3) is 0.818. The van der Waals surface area contributed by atoms with Gasteiger partial charge in [0.25, 0.3) is 0 Å². The second-order valence-corrected chi connectivity index (χ2v) is 5.42. The van der Waals surface area contributed by atoms with E-state index in [-0.39, 0.29) is 12.1 Å². The van der Waals surface area contributed by atoms with Gasteiger partial charge < -0.3 is 9.53 Å². The average molecular weight is 211 g/mol. The molecule has 15 heavy (non-hydrogen) atoms.